The molecule has 0 aliphatic heterocycles. The molecule has 8 nitrogen and oxygen atoms in total. The van der Waals surface area contributed by atoms with Gasteiger partial charge >= 0.3 is 0 Å². The summed E-state index contributed by atoms with van der Waals surface area (Å²) >= 11 is 10.1. The number of rotatable bonds is 5. The molecular weight excluding hydrogens is 364 g/mol. The summed E-state index contributed by atoms with van der Waals surface area (Å²) in [6, 6.07) is 6.11. The number of amides is 2. The van der Waals surface area contributed by atoms with E-state index >= 15 is 0 Å². The molecule has 2 aromatic heterocycles. The molecule has 25 heavy (non-hydrogen) atoms. The number of hydrogen-bond acceptors (Lipinski definition) is 6. The Balaban J connectivity index is 1.68. The summed E-state index contributed by atoms with van der Waals surface area (Å²) in [6.45, 7) is 2.20. The molecule has 0 radical (unpaired) electrons. The molecule has 2 rings (SSSR count). The summed E-state index contributed by atoms with van der Waals surface area (Å²) < 4.78 is 9.94. The van der Waals surface area contributed by atoms with Gasteiger partial charge in [-0.2, -0.15) is 0 Å². The molecule has 2 amide bonds. The molecule has 2 aromatic rings. The summed E-state index contributed by atoms with van der Waals surface area (Å²) in [5, 5.41) is 11.1. The highest BCUT2D eigenvalue weighted by Gasteiger charge is 2.13. The van der Waals surface area contributed by atoms with Gasteiger partial charge < -0.3 is 19.5 Å². The minimum Gasteiger partial charge on any atom is -0.459 e. The molecule has 0 saturated heterocycles. The van der Waals surface area contributed by atoms with Crippen LogP contribution in [0.2, 0.25) is 0 Å². The van der Waals surface area contributed by atoms with Crippen LogP contribution in [0.5, 0.6) is 0 Å². The Hall–Kier alpha value is -2.72. The van der Waals surface area contributed by atoms with E-state index in [0.717, 1.165) is 0 Å². The van der Waals surface area contributed by atoms with Crippen molar-refractivity contribution < 1.29 is 18.4 Å². The fraction of sp³-hybridized carbons (Fsp3) is 0.200. The van der Waals surface area contributed by atoms with E-state index in [1.807, 2.05) is 6.92 Å². The number of furan rings is 2. The number of carbonyl (C=O) groups excluding carboxylic acids is 2. The lowest BCUT2D eigenvalue weighted by molar-refractivity contribution is 0.0941. The van der Waals surface area contributed by atoms with Gasteiger partial charge in [0.25, 0.3) is 11.8 Å². The second-order valence-corrected chi connectivity index (χ2v) is 5.76. The van der Waals surface area contributed by atoms with Crippen LogP contribution in [-0.4, -0.2) is 34.6 Å². The second kappa shape index (κ2) is 8.94. The zero-order chi connectivity index (χ0) is 18.2. The summed E-state index contributed by atoms with van der Waals surface area (Å²) in [6.07, 6.45) is 2.80. The minimum absolute atomic E-state index is 0.153. The molecule has 1 unspecified atom stereocenters. The van der Waals surface area contributed by atoms with E-state index in [2.05, 4.69) is 21.3 Å². The molecule has 0 saturated carbocycles. The monoisotopic (exact) mass is 380 g/mol. The largest absolute Gasteiger partial charge is 0.459 e. The van der Waals surface area contributed by atoms with Crippen molar-refractivity contribution in [1.29, 1.82) is 0 Å². The summed E-state index contributed by atoms with van der Waals surface area (Å²) in [7, 11) is 0. The topological polar surface area (TPSA) is 109 Å². The van der Waals surface area contributed by atoms with E-state index in [-0.39, 0.29) is 27.8 Å². The highest BCUT2D eigenvalue weighted by Crippen LogP contribution is 1.99. The van der Waals surface area contributed by atoms with E-state index in [9.17, 15) is 9.59 Å². The fourth-order valence-corrected chi connectivity index (χ4v) is 2.22. The Bertz CT molecular complexity index is 744. The van der Waals surface area contributed by atoms with E-state index in [1.54, 1.807) is 12.1 Å². The summed E-state index contributed by atoms with van der Waals surface area (Å²) in [5.74, 6) is -0.554. The first-order valence-electron chi connectivity index (χ1n) is 7.23. The Labute approximate surface area is 154 Å². The predicted molar refractivity (Wildman–Crippen MR) is 98.1 cm³/mol. The van der Waals surface area contributed by atoms with Crippen LogP contribution in [0.4, 0.5) is 0 Å². The van der Waals surface area contributed by atoms with Crippen LogP contribution >= 0.6 is 24.4 Å². The number of hydrogen-bond donors (Lipinski definition) is 4. The first kappa shape index (κ1) is 18.6. The fourth-order valence-electron chi connectivity index (χ4n) is 1.75. The predicted octanol–water partition coefficient (Wildman–Crippen LogP) is 1.17. The molecule has 0 fully saturated rings. The van der Waals surface area contributed by atoms with E-state index in [4.69, 9.17) is 33.3 Å². The van der Waals surface area contributed by atoms with Crippen LogP contribution < -0.4 is 21.3 Å². The molecule has 132 valence electrons. The smallest absolute Gasteiger partial charge is 0.293 e. The van der Waals surface area contributed by atoms with Gasteiger partial charge in [-0.3, -0.25) is 20.2 Å². The quantitative estimate of drug-likeness (QED) is 0.573. The van der Waals surface area contributed by atoms with Gasteiger partial charge in [0.15, 0.2) is 21.7 Å². The third kappa shape index (κ3) is 6.01. The lowest BCUT2D eigenvalue weighted by Crippen LogP contribution is -2.49. The van der Waals surface area contributed by atoms with Crippen LogP contribution in [0.15, 0.2) is 45.6 Å². The SMILES string of the molecule is CC(CNC(=S)NC(=O)c1ccco1)NC(=S)NC(=O)c1ccco1. The van der Waals surface area contributed by atoms with Crippen molar-refractivity contribution in [1.82, 2.24) is 21.3 Å². The number of nitrogens with one attached hydrogen (secondary N) is 4. The lowest BCUT2D eigenvalue weighted by Gasteiger charge is -2.17. The molecule has 0 aliphatic carbocycles. The molecule has 0 spiro atoms. The number of thiocarbonyl (C=S) groups is 2. The van der Waals surface area contributed by atoms with Crippen molar-refractivity contribution in [2.75, 3.05) is 6.54 Å². The van der Waals surface area contributed by atoms with Gasteiger partial charge in [0.2, 0.25) is 0 Å². The van der Waals surface area contributed by atoms with Gasteiger partial charge in [-0.25, -0.2) is 0 Å². The van der Waals surface area contributed by atoms with E-state index in [1.165, 1.54) is 24.7 Å². The van der Waals surface area contributed by atoms with Crippen molar-refractivity contribution in [2.24, 2.45) is 0 Å². The van der Waals surface area contributed by atoms with Crippen LogP contribution in [-0.2, 0) is 0 Å². The normalized spacial score (nSPS) is 11.2. The van der Waals surface area contributed by atoms with Gasteiger partial charge in [-0.1, -0.05) is 0 Å². The van der Waals surface area contributed by atoms with Gasteiger partial charge in [0, 0.05) is 12.6 Å². The molecular formula is C15H16N4O4S2. The lowest BCUT2D eigenvalue weighted by atomic mass is 10.3. The average molecular weight is 380 g/mol. The van der Waals surface area contributed by atoms with Crippen LogP contribution in [0.1, 0.15) is 28.0 Å². The molecule has 4 N–H and O–H groups in total. The maximum Gasteiger partial charge on any atom is 0.293 e. The standard InChI is InChI=1S/C15H16N4O4S2/c1-9(17-15(25)19-13(21)11-5-3-7-23-11)8-16-14(24)18-12(20)10-4-2-6-22-10/h2-7,9H,8H2,1H3,(H2,16,18,20,24)(H2,17,19,21,25). The molecule has 2 heterocycles. The highest BCUT2D eigenvalue weighted by atomic mass is 32.1. The van der Waals surface area contributed by atoms with Crippen molar-refractivity contribution in [3.8, 4) is 0 Å². The first-order valence-corrected chi connectivity index (χ1v) is 8.05. The van der Waals surface area contributed by atoms with Gasteiger partial charge in [-0.05, 0) is 55.6 Å². The Morgan fingerprint density at radius 2 is 1.52 bits per heavy atom. The van der Waals surface area contributed by atoms with E-state index < -0.39 is 11.8 Å². The number of carbonyl (C=O) groups is 2. The first-order chi connectivity index (χ1) is 12.0. The van der Waals surface area contributed by atoms with E-state index in [0.29, 0.717) is 6.54 Å². The van der Waals surface area contributed by atoms with Gasteiger partial charge in [-0.15, -0.1) is 0 Å². The minimum atomic E-state index is -0.441. The summed E-state index contributed by atoms with van der Waals surface area (Å²) in [4.78, 5) is 23.5. The summed E-state index contributed by atoms with van der Waals surface area (Å²) in [5.41, 5.74) is 0. The molecule has 10 heteroatoms. The average Bonchev–Trinajstić information content (AvgIpc) is 3.25. The molecule has 1 atom stereocenters. The third-order valence-corrected chi connectivity index (χ3v) is 3.36. The highest BCUT2D eigenvalue weighted by molar-refractivity contribution is 7.80. The Morgan fingerprint density at radius 1 is 1.00 bits per heavy atom. The second-order valence-electron chi connectivity index (χ2n) is 4.95. The van der Waals surface area contributed by atoms with Crippen LogP contribution in [0, 0.1) is 0 Å². The maximum absolute atomic E-state index is 11.8. The van der Waals surface area contributed by atoms with Gasteiger partial charge in [0.1, 0.15) is 0 Å². The maximum atomic E-state index is 11.8. The van der Waals surface area contributed by atoms with Crippen LogP contribution in [0.25, 0.3) is 0 Å². The molecule has 0 aliphatic rings. The Morgan fingerprint density at radius 3 is 2.00 bits per heavy atom. The van der Waals surface area contributed by atoms with Gasteiger partial charge in [0.05, 0.1) is 12.5 Å². The van der Waals surface area contributed by atoms with Crippen molar-refractivity contribution in [2.45, 2.75) is 13.0 Å². The van der Waals surface area contributed by atoms with Crippen molar-refractivity contribution in [3.63, 3.8) is 0 Å². The Kier molecular flexibility index (Phi) is 6.66. The van der Waals surface area contributed by atoms with Crippen molar-refractivity contribution in [3.05, 3.63) is 48.3 Å². The van der Waals surface area contributed by atoms with Crippen molar-refractivity contribution >= 4 is 46.5 Å². The molecule has 0 aromatic carbocycles. The molecule has 0 bridgehead atoms. The zero-order valence-electron chi connectivity index (χ0n) is 13.2. The third-order valence-electron chi connectivity index (χ3n) is 2.89. The van der Waals surface area contributed by atoms with Crippen LogP contribution in [0.3, 0.4) is 0 Å². The zero-order valence-corrected chi connectivity index (χ0v) is 14.8.